The van der Waals surface area contributed by atoms with Crippen LogP contribution in [-0.2, 0) is 4.79 Å². The highest BCUT2D eigenvalue weighted by molar-refractivity contribution is 9.10. The number of hydrogen-bond donors (Lipinski definition) is 1. The van der Waals surface area contributed by atoms with Gasteiger partial charge in [0.05, 0.1) is 12.4 Å². The standard InChI is InChI=1S/C15H20BrNO2S/c16-12-5-7-14(8-6-12)19-9-10-20-11-15(18)17-13-3-1-2-4-13/h5-8,13H,1-4,9-11H2,(H,17,18). The number of carbonyl (C=O) groups is 1. The summed E-state index contributed by atoms with van der Waals surface area (Å²) in [5.74, 6) is 2.38. The third-order valence-electron chi connectivity index (χ3n) is 3.26. The molecule has 0 spiro atoms. The van der Waals surface area contributed by atoms with E-state index in [-0.39, 0.29) is 5.91 Å². The molecule has 1 aromatic carbocycles. The largest absolute Gasteiger partial charge is 0.493 e. The summed E-state index contributed by atoms with van der Waals surface area (Å²) in [6.07, 6.45) is 4.78. The topological polar surface area (TPSA) is 38.3 Å². The van der Waals surface area contributed by atoms with E-state index in [1.165, 1.54) is 12.8 Å². The van der Waals surface area contributed by atoms with E-state index < -0.39 is 0 Å². The van der Waals surface area contributed by atoms with Gasteiger partial charge in [0.25, 0.3) is 0 Å². The van der Waals surface area contributed by atoms with Crippen LogP contribution < -0.4 is 10.1 Å². The summed E-state index contributed by atoms with van der Waals surface area (Å²) in [7, 11) is 0. The summed E-state index contributed by atoms with van der Waals surface area (Å²) in [6, 6.07) is 8.19. The molecular weight excluding hydrogens is 338 g/mol. The van der Waals surface area contributed by atoms with Crippen LogP contribution in [0.5, 0.6) is 5.75 Å². The molecule has 0 aromatic heterocycles. The Morgan fingerprint density at radius 3 is 2.70 bits per heavy atom. The van der Waals surface area contributed by atoms with Crippen LogP contribution in [0.1, 0.15) is 25.7 Å². The molecule has 1 aliphatic rings. The predicted octanol–water partition coefficient (Wildman–Crippen LogP) is 3.62. The third kappa shape index (κ3) is 5.75. The first-order valence-corrected chi connectivity index (χ1v) is 8.94. The molecule has 1 aromatic rings. The van der Waals surface area contributed by atoms with Gasteiger partial charge in [-0.2, -0.15) is 0 Å². The number of ether oxygens (including phenoxy) is 1. The average molecular weight is 358 g/mol. The summed E-state index contributed by atoms with van der Waals surface area (Å²) < 4.78 is 6.65. The molecule has 0 bridgehead atoms. The van der Waals surface area contributed by atoms with E-state index in [1.54, 1.807) is 11.8 Å². The van der Waals surface area contributed by atoms with E-state index in [0.717, 1.165) is 28.8 Å². The van der Waals surface area contributed by atoms with Crippen LogP contribution in [0.15, 0.2) is 28.7 Å². The molecule has 0 radical (unpaired) electrons. The third-order valence-corrected chi connectivity index (χ3v) is 4.71. The van der Waals surface area contributed by atoms with Gasteiger partial charge in [0.2, 0.25) is 5.91 Å². The van der Waals surface area contributed by atoms with Crippen molar-refractivity contribution in [1.29, 1.82) is 0 Å². The van der Waals surface area contributed by atoms with Gasteiger partial charge < -0.3 is 10.1 Å². The molecule has 110 valence electrons. The maximum absolute atomic E-state index is 11.7. The molecule has 0 aliphatic heterocycles. The van der Waals surface area contributed by atoms with Gasteiger partial charge in [0.1, 0.15) is 5.75 Å². The molecule has 0 heterocycles. The summed E-state index contributed by atoms with van der Waals surface area (Å²) in [5.41, 5.74) is 0. The van der Waals surface area contributed by atoms with Crippen molar-refractivity contribution in [2.75, 3.05) is 18.1 Å². The molecule has 0 saturated heterocycles. The first-order chi connectivity index (χ1) is 9.74. The summed E-state index contributed by atoms with van der Waals surface area (Å²) in [6.45, 7) is 0.628. The fourth-order valence-electron chi connectivity index (χ4n) is 2.25. The predicted molar refractivity (Wildman–Crippen MR) is 87.4 cm³/mol. The molecule has 0 atom stereocenters. The zero-order valence-electron chi connectivity index (χ0n) is 11.4. The summed E-state index contributed by atoms with van der Waals surface area (Å²) >= 11 is 5.01. The SMILES string of the molecule is O=C(CSCCOc1ccc(Br)cc1)NC1CCCC1. The van der Waals surface area contributed by atoms with Crippen LogP contribution in [0.25, 0.3) is 0 Å². The Morgan fingerprint density at radius 2 is 2.00 bits per heavy atom. The lowest BCUT2D eigenvalue weighted by molar-refractivity contribution is -0.119. The van der Waals surface area contributed by atoms with Crippen LogP contribution in [-0.4, -0.2) is 30.1 Å². The van der Waals surface area contributed by atoms with Crippen molar-refractivity contribution in [1.82, 2.24) is 5.32 Å². The number of benzene rings is 1. The molecule has 1 N–H and O–H groups in total. The van der Waals surface area contributed by atoms with Crippen molar-refractivity contribution in [3.63, 3.8) is 0 Å². The minimum absolute atomic E-state index is 0.158. The van der Waals surface area contributed by atoms with Crippen molar-refractivity contribution in [2.45, 2.75) is 31.7 Å². The Hall–Kier alpha value is -0.680. The number of amides is 1. The van der Waals surface area contributed by atoms with Crippen molar-refractivity contribution < 1.29 is 9.53 Å². The van der Waals surface area contributed by atoms with E-state index in [0.29, 0.717) is 18.4 Å². The maximum atomic E-state index is 11.7. The zero-order valence-corrected chi connectivity index (χ0v) is 13.8. The van der Waals surface area contributed by atoms with E-state index in [9.17, 15) is 4.79 Å². The summed E-state index contributed by atoms with van der Waals surface area (Å²) in [5, 5.41) is 3.09. The Labute approximate surface area is 133 Å². The minimum Gasteiger partial charge on any atom is -0.493 e. The molecule has 2 rings (SSSR count). The smallest absolute Gasteiger partial charge is 0.230 e. The number of thioether (sulfide) groups is 1. The normalized spacial score (nSPS) is 15.2. The average Bonchev–Trinajstić information content (AvgIpc) is 2.93. The molecule has 3 nitrogen and oxygen atoms in total. The van der Waals surface area contributed by atoms with Gasteiger partial charge in [-0.25, -0.2) is 0 Å². The monoisotopic (exact) mass is 357 g/mol. The lowest BCUT2D eigenvalue weighted by atomic mass is 10.2. The van der Waals surface area contributed by atoms with Crippen molar-refractivity contribution >= 4 is 33.6 Å². The molecular formula is C15H20BrNO2S. The highest BCUT2D eigenvalue weighted by Gasteiger charge is 2.16. The van der Waals surface area contributed by atoms with Crippen molar-refractivity contribution in [3.05, 3.63) is 28.7 Å². The van der Waals surface area contributed by atoms with Crippen molar-refractivity contribution in [2.24, 2.45) is 0 Å². The Kier molecular flexibility index (Phi) is 6.73. The maximum Gasteiger partial charge on any atom is 0.230 e. The van der Waals surface area contributed by atoms with E-state index >= 15 is 0 Å². The number of carbonyl (C=O) groups excluding carboxylic acids is 1. The van der Waals surface area contributed by atoms with Gasteiger partial charge in [0.15, 0.2) is 0 Å². The minimum atomic E-state index is 0.158. The Morgan fingerprint density at radius 1 is 1.30 bits per heavy atom. The van der Waals surface area contributed by atoms with Crippen LogP contribution >= 0.6 is 27.7 Å². The van der Waals surface area contributed by atoms with Gasteiger partial charge in [-0.1, -0.05) is 28.8 Å². The Bertz CT molecular complexity index is 418. The van der Waals surface area contributed by atoms with Gasteiger partial charge in [-0.3, -0.25) is 4.79 Å². The van der Waals surface area contributed by atoms with Gasteiger partial charge in [-0.05, 0) is 37.1 Å². The van der Waals surface area contributed by atoms with E-state index in [2.05, 4.69) is 21.2 Å². The first kappa shape index (κ1) is 15.7. The lowest BCUT2D eigenvalue weighted by Crippen LogP contribution is -2.34. The van der Waals surface area contributed by atoms with Crippen molar-refractivity contribution in [3.8, 4) is 5.75 Å². The molecule has 1 aliphatic carbocycles. The second-order valence-electron chi connectivity index (χ2n) is 4.90. The van der Waals surface area contributed by atoms with Gasteiger partial charge >= 0.3 is 0 Å². The van der Waals surface area contributed by atoms with E-state index in [4.69, 9.17) is 4.74 Å². The van der Waals surface area contributed by atoms with E-state index in [1.807, 2.05) is 24.3 Å². The highest BCUT2D eigenvalue weighted by atomic mass is 79.9. The van der Waals surface area contributed by atoms with Crippen LogP contribution in [0.4, 0.5) is 0 Å². The molecule has 1 saturated carbocycles. The molecule has 0 unspecified atom stereocenters. The number of halogens is 1. The van der Waals surface area contributed by atoms with Crippen LogP contribution in [0, 0.1) is 0 Å². The molecule has 1 fully saturated rings. The molecule has 1 amide bonds. The Balaban J connectivity index is 1.52. The summed E-state index contributed by atoms with van der Waals surface area (Å²) in [4.78, 5) is 11.7. The fraction of sp³-hybridized carbons (Fsp3) is 0.533. The fourth-order valence-corrected chi connectivity index (χ4v) is 3.13. The zero-order chi connectivity index (χ0) is 14.2. The second kappa shape index (κ2) is 8.57. The highest BCUT2D eigenvalue weighted by Crippen LogP contribution is 2.18. The lowest BCUT2D eigenvalue weighted by Gasteiger charge is -2.11. The number of hydrogen-bond acceptors (Lipinski definition) is 3. The molecule has 20 heavy (non-hydrogen) atoms. The molecule has 5 heteroatoms. The van der Waals surface area contributed by atoms with Gasteiger partial charge in [0, 0.05) is 16.3 Å². The number of rotatable bonds is 7. The van der Waals surface area contributed by atoms with Crippen LogP contribution in [0.3, 0.4) is 0 Å². The quantitative estimate of drug-likeness (QED) is 0.757. The van der Waals surface area contributed by atoms with Crippen LogP contribution in [0.2, 0.25) is 0 Å². The second-order valence-corrected chi connectivity index (χ2v) is 6.92. The number of nitrogens with one attached hydrogen (secondary N) is 1. The first-order valence-electron chi connectivity index (χ1n) is 6.99. The van der Waals surface area contributed by atoms with Gasteiger partial charge in [-0.15, -0.1) is 11.8 Å².